The van der Waals surface area contributed by atoms with Gasteiger partial charge in [0.15, 0.2) is 0 Å². The number of rotatable bonds is 9. The number of nitrogens with two attached hydrogens (primary N) is 1. The first-order valence-electron chi connectivity index (χ1n) is 8.27. The van der Waals surface area contributed by atoms with Crippen LogP contribution in [-0.4, -0.2) is 46.4 Å². The van der Waals surface area contributed by atoms with Gasteiger partial charge in [-0.05, 0) is 42.8 Å². The smallest absolute Gasteiger partial charge is 0.342 e. The summed E-state index contributed by atoms with van der Waals surface area (Å²) in [5.74, 6) is 0.284. The second-order valence-electron chi connectivity index (χ2n) is 5.81. The van der Waals surface area contributed by atoms with Gasteiger partial charge in [0.25, 0.3) is 0 Å². The van der Waals surface area contributed by atoms with Gasteiger partial charge in [0.05, 0.1) is 13.7 Å². The van der Waals surface area contributed by atoms with E-state index in [9.17, 15) is 8.42 Å². The van der Waals surface area contributed by atoms with Gasteiger partial charge in [-0.15, -0.1) is 0 Å². The maximum Gasteiger partial charge on any atom is 0.342 e. The van der Waals surface area contributed by atoms with E-state index in [-0.39, 0.29) is 40.5 Å². The van der Waals surface area contributed by atoms with Crippen molar-refractivity contribution in [3.8, 4) is 17.2 Å². The van der Waals surface area contributed by atoms with E-state index in [0.29, 0.717) is 5.75 Å². The van der Waals surface area contributed by atoms with Gasteiger partial charge in [0, 0.05) is 17.8 Å². The Hall–Kier alpha value is -2.98. The second kappa shape index (κ2) is 9.48. The van der Waals surface area contributed by atoms with Gasteiger partial charge in [0.2, 0.25) is 5.96 Å². The highest BCUT2D eigenvalue weighted by molar-refractivity contribution is 7.87. The van der Waals surface area contributed by atoms with Crippen LogP contribution in [0.1, 0.15) is 5.56 Å². The van der Waals surface area contributed by atoms with E-state index in [2.05, 4.69) is 11.8 Å². The van der Waals surface area contributed by atoms with Crippen LogP contribution in [0.3, 0.4) is 0 Å². The zero-order valence-corrected chi connectivity index (χ0v) is 17.5. The first-order chi connectivity index (χ1) is 13.7. The van der Waals surface area contributed by atoms with Gasteiger partial charge in [-0.1, -0.05) is 11.6 Å². The summed E-state index contributed by atoms with van der Waals surface area (Å²) in [6, 6.07) is 8.90. The van der Waals surface area contributed by atoms with Crippen molar-refractivity contribution >= 4 is 34.4 Å². The topological polar surface area (TPSA) is 127 Å². The number of aryl methyl sites for hydroxylation is 1. The summed E-state index contributed by atoms with van der Waals surface area (Å²) in [5, 5.41) is 12.3. The number of hydrogen-bond acceptors (Lipinski definition) is 7. The normalized spacial score (nSPS) is 10.9. The van der Waals surface area contributed by atoms with E-state index in [0.717, 1.165) is 10.6 Å². The molecule has 0 fully saturated rings. The van der Waals surface area contributed by atoms with E-state index in [1.807, 2.05) is 0 Å². The van der Waals surface area contributed by atoms with Crippen LogP contribution in [0.5, 0.6) is 17.2 Å². The number of guanidine groups is 1. The largest absolute Gasteiger partial charge is 0.495 e. The summed E-state index contributed by atoms with van der Waals surface area (Å²) >= 11 is 5.91. The van der Waals surface area contributed by atoms with Crippen LogP contribution in [0.15, 0.2) is 46.4 Å². The fourth-order valence-corrected chi connectivity index (χ4v) is 3.73. The van der Waals surface area contributed by atoms with Crippen LogP contribution < -0.4 is 19.4 Å². The van der Waals surface area contributed by atoms with Crippen LogP contribution in [0, 0.1) is 12.3 Å². The highest BCUT2D eigenvalue weighted by Gasteiger charge is 2.23. The number of halogens is 1. The first-order valence-corrected chi connectivity index (χ1v) is 10.1. The average molecular weight is 441 g/mol. The molecule has 2 rings (SSSR count). The van der Waals surface area contributed by atoms with E-state index in [1.54, 1.807) is 19.1 Å². The number of benzene rings is 2. The number of nitrogens with one attached hydrogen (secondary N) is 1. The third kappa shape index (κ3) is 6.00. The molecule has 0 amide bonds. The molecule has 0 aliphatic rings. The van der Waals surface area contributed by atoms with Crippen molar-refractivity contribution in [2.45, 2.75) is 11.8 Å². The Balaban J connectivity index is 2.20. The molecule has 0 aromatic heterocycles. The lowest BCUT2D eigenvalue weighted by Crippen LogP contribution is -2.34. The van der Waals surface area contributed by atoms with Crippen LogP contribution in [0.25, 0.3) is 0 Å². The molecule has 2 aromatic rings. The number of ether oxygens (including phenoxy) is 2. The maximum atomic E-state index is 12.7. The fraction of sp³-hybridized carbons (Fsp3) is 0.222. The van der Waals surface area contributed by atoms with E-state index < -0.39 is 10.1 Å². The zero-order valence-electron chi connectivity index (χ0n) is 15.9. The van der Waals surface area contributed by atoms with Crippen molar-refractivity contribution < 1.29 is 22.1 Å². The SMILES string of the molecule is C=NN(CCOc1cc(C)cc(OS(=O)(=O)c2cc(Cl)ccc2OC)c1)C(=N)N. The van der Waals surface area contributed by atoms with Gasteiger partial charge < -0.3 is 19.4 Å². The monoisotopic (exact) mass is 440 g/mol. The number of hydrazone groups is 1. The maximum absolute atomic E-state index is 12.7. The van der Waals surface area contributed by atoms with Crippen molar-refractivity contribution in [2.75, 3.05) is 20.3 Å². The van der Waals surface area contributed by atoms with Crippen LogP contribution in [-0.2, 0) is 10.1 Å². The second-order valence-corrected chi connectivity index (χ2v) is 7.76. The highest BCUT2D eigenvalue weighted by atomic mass is 35.5. The molecule has 11 heteroatoms. The van der Waals surface area contributed by atoms with Crippen molar-refractivity contribution in [3.05, 3.63) is 47.0 Å². The van der Waals surface area contributed by atoms with Crippen LogP contribution in [0.4, 0.5) is 0 Å². The molecule has 29 heavy (non-hydrogen) atoms. The number of nitrogens with zero attached hydrogens (tertiary/aromatic N) is 2. The molecular weight excluding hydrogens is 420 g/mol. The van der Waals surface area contributed by atoms with Crippen molar-refractivity contribution in [1.29, 1.82) is 5.41 Å². The van der Waals surface area contributed by atoms with Gasteiger partial charge in [-0.2, -0.15) is 13.5 Å². The standard InChI is InChI=1S/C18H21ClN4O5S/c1-12-8-14(27-7-6-23(22-2)18(20)21)11-15(9-12)28-29(24,25)17-10-13(19)4-5-16(17)26-3/h4-5,8-11H,2,6-7H2,1,3H3,(H3,20,21). The van der Waals surface area contributed by atoms with E-state index in [1.165, 1.54) is 31.4 Å². The molecule has 0 unspecified atom stereocenters. The average Bonchev–Trinajstić information content (AvgIpc) is 2.64. The number of methoxy groups -OCH3 is 1. The summed E-state index contributed by atoms with van der Waals surface area (Å²) < 4.78 is 41.4. The Morgan fingerprint density at radius 3 is 2.59 bits per heavy atom. The Morgan fingerprint density at radius 2 is 1.97 bits per heavy atom. The zero-order chi connectivity index (χ0) is 21.6. The number of hydrogen-bond donors (Lipinski definition) is 2. The summed E-state index contributed by atoms with van der Waals surface area (Å²) in [6.07, 6.45) is 0. The van der Waals surface area contributed by atoms with Gasteiger partial charge >= 0.3 is 10.1 Å². The van der Waals surface area contributed by atoms with E-state index >= 15 is 0 Å². The Morgan fingerprint density at radius 1 is 1.28 bits per heavy atom. The third-order valence-corrected chi connectivity index (χ3v) is 5.15. The molecule has 0 radical (unpaired) electrons. The summed E-state index contributed by atoms with van der Waals surface area (Å²) in [5.41, 5.74) is 6.07. The molecule has 3 N–H and O–H groups in total. The Kier molecular flexibility index (Phi) is 7.29. The molecule has 0 aliphatic carbocycles. The van der Waals surface area contributed by atoms with Crippen molar-refractivity contribution in [1.82, 2.24) is 5.01 Å². The predicted octanol–water partition coefficient (Wildman–Crippen LogP) is 2.61. The van der Waals surface area contributed by atoms with Gasteiger partial charge in [0.1, 0.15) is 28.8 Å². The lowest BCUT2D eigenvalue weighted by Gasteiger charge is -2.16. The van der Waals surface area contributed by atoms with E-state index in [4.69, 9.17) is 36.4 Å². The molecule has 9 nitrogen and oxygen atoms in total. The van der Waals surface area contributed by atoms with Crippen LogP contribution in [0.2, 0.25) is 5.02 Å². The summed E-state index contributed by atoms with van der Waals surface area (Å²) in [4.78, 5) is -0.189. The fourth-order valence-electron chi connectivity index (χ4n) is 2.38. The van der Waals surface area contributed by atoms with Gasteiger partial charge in [-0.3, -0.25) is 5.41 Å². The lowest BCUT2D eigenvalue weighted by atomic mass is 10.2. The minimum Gasteiger partial charge on any atom is -0.495 e. The van der Waals surface area contributed by atoms with Crippen LogP contribution >= 0.6 is 11.6 Å². The van der Waals surface area contributed by atoms with Crippen molar-refractivity contribution in [2.24, 2.45) is 10.8 Å². The minimum absolute atomic E-state index is 0.0623. The third-order valence-electron chi connectivity index (χ3n) is 3.65. The first kappa shape index (κ1) is 22.3. The quantitative estimate of drug-likeness (QED) is 0.265. The highest BCUT2D eigenvalue weighted by Crippen LogP contribution is 2.31. The Labute approximate surface area is 174 Å². The molecule has 156 valence electrons. The van der Waals surface area contributed by atoms with Crippen molar-refractivity contribution in [3.63, 3.8) is 0 Å². The molecule has 0 aliphatic heterocycles. The summed E-state index contributed by atoms with van der Waals surface area (Å²) in [6.45, 7) is 5.41. The van der Waals surface area contributed by atoms with Gasteiger partial charge in [-0.25, -0.2) is 5.01 Å². The molecule has 0 atom stereocenters. The summed E-state index contributed by atoms with van der Waals surface area (Å²) in [7, 11) is -2.85. The lowest BCUT2D eigenvalue weighted by molar-refractivity contribution is 0.271. The molecule has 0 spiro atoms. The molecular formula is C18H21ClN4O5S. The minimum atomic E-state index is -4.20. The molecule has 2 aromatic carbocycles. The molecule has 0 heterocycles. The molecule has 0 saturated heterocycles. The Bertz CT molecular complexity index is 1010. The molecule has 0 saturated carbocycles. The predicted molar refractivity (Wildman–Crippen MR) is 111 cm³/mol. The molecule has 0 bridgehead atoms.